The molecule has 2 amide bonds. The van der Waals surface area contributed by atoms with Gasteiger partial charge < -0.3 is 15.3 Å². The summed E-state index contributed by atoms with van der Waals surface area (Å²) >= 11 is 0. The Bertz CT molecular complexity index is 289. The van der Waals surface area contributed by atoms with E-state index in [1.165, 1.54) is 4.90 Å². The maximum Gasteiger partial charge on any atom is 0.326 e. The number of amides is 2. The summed E-state index contributed by atoms with van der Waals surface area (Å²) in [7, 11) is 0. The predicted molar refractivity (Wildman–Crippen MR) is 60.2 cm³/mol. The molecule has 1 aliphatic heterocycles. The van der Waals surface area contributed by atoms with Gasteiger partial charge in [0.2, 0.25) is 0 Å². The van der Waals surface area contributed by atoms with Gasteiger partial charge in [0.25, 0.3) is 0 Å². The lowest BCUT2D eigenvalue weighted by molar-refractivity contribution is -0.141. The number of aliphatic carboxylic acids is 1. The summed E-state index contributed by atoms with van der Waals surface area (Å²) in [6.45, 7) is 3.00. The molecule has 0 spiro atoms. The third kappa shape index (κ3) is 3.25. The van der Waals surface area contributed by atoms with Crippen LogP contribution < -0.4 is 5.32 Å². The molecule has 1 atom stereocenters. The van der Waals surface area contributed by atoms with Crippen molar-refractivity contribution < 1.29 is 14.7 Å². The topological polar surface area (TPSA) is 69.6 Å². The Morgan fingerprint density at radius 2 is 2.31 bits per heavy atom. The molecule has 1 unspecified atom stereocenters. The quantitative estimate of drug-likeness (QED) is 0.559. The van der Waals surface area contributed by atoms with Crippen molar-refractivity contribution in [1.82, 2.24) is 10.2 Å². The lowest BCUT2D eigenvalue weighted by atomic mass is 10.2. The lowest BCUT2D eigenvalue weighted by Crippen LogP contribution is -2.46. The van der Waals surface area contributed by atoms with E-state index in [1.807, 2.05) is 19.1 Å². The van der Waals surface area contributed by atoms with Crippen molar-refractivity contribution in [2.75, 3.05) is 13.1 Å². The standard InChI is InChI=1S/C11H18N2O3/c1-2-3-4-7-12-11(16)13-8-5-6-9(13)10(14)15/h2-3,9H,4-8H2,1H3,(H,12,16)(H,14,15)/b3-2+. The number of carbonyl (C=O) groups is 2. The van der Waals surface area contributed by atoms with E-state index in [0.717, 1.165) is 12.8 Å². The molecule has 0 radical (unpaired) electrons. The van der Waals surface area contributed by atoms with E-state index in [0.29, 0.717) is 19.5 Å². The zero-order valence-electron chi connectivity index (χ0n) is 9.48. The smallest absolute Gasteiger partial charge is 0.326 e. The molecule has 1 aliphatic rings. The van der Waals surface area contributed by atoms with Gasteiger partial charge in [-0.05, 0) is 26.2 Å². The van der Waals surface area contributed by atoms with Gasteiger partial charge in [0.15, 0.2) is 0 Å². The number of rotatable bonds is 4. The summed E-state index contributed by atoms with van der Waals surface area (Å²) < 4.78 is 0. The van der Waals surface area contributed by atoms with E-state index in [4.69, 9.17) is 5.11 Å². The van der Waals surface area contributed by atoms with Crippen molar-refractivity contribution in [3.8, 4) is 0 Å². The third-order valence-electron chi connectivity index (χ3n) is 2.62. The minimum Gasteiger partial charge on any atom is -0.480 e. The van der Waals surface area contributed by atoms with Gasteiger partial charge in [-0.3, -0.25) is 0 Å². The van der Waals surface area contributed by atoms with Crippen molar-refractivity contribution in [1.29, 1.82) is 0 Å². The first-order valence-electron chi connectivity index (χ1n) is 5.55. The highest BCUT2D eigenvalue weighted by atomic mass is 16.4. The van der Waals surface area contributed by atoms with Crippen LogP contribution in [0.3, 0.4) is 0 Å². The molecular weight excluding hydrogens is 208 g/mol. The summed E-state index contributed by atoms with van der Waals surface area (Å²) in [5.41, 5.74) is 0. The fourth-order valence-corrected chi connectivity index (χ4v) is 1.80. The zero-order valence-corrected chi connectivity index (χ0v) is 9.48. The van der Waals surface area contributed by atoms with Gasteiger partial charge in [0, 0.05) is 13.1 Å². The Morgan fingerprint density at radius 1 is 1.56 bits per heavy atom. The fourth-order valence-electron chi connectivity index (χ4n) is 1.80. The maximum absolute atomic E-state index is 11.7. The molecule has 90 valence electrons. The minimum absolute atomic E-state index is 0.269. The number of allylic oxidation sites excluding steroid dienone is 1. The van der Waals surface area contributed by atoms with Crippen LogP contribution in [0.5, 0.6) is 0 Å². The molecule has 0 saturated carbocycles. The Hall–Kier alpha value is -1.52. The van der Waals surface area contributed by atoms with Crippen molar-refractivity contribution >= 4 is 12.0 Å². The number of carbonyl (C=O) groups excluding carboxylic acids is 1. The molecule has 1 fully saturated rings. The number of carboxylic acids is 1. The molecule has 1 rings (SSSR count). The van der Waals surface area contributed by atoms with Gasteiger partial charge in [-0.1, -0.05) is 12.2 Å². The summed E-state index contributed by atoms with van der Waals surface area (Å²) in [6, 6.07) is -0.920. The first-order valence-corrected chi connectivity index (χ1v) is 5.55. The minimum atomic E-state index is -0.916. The van der Waals surface area contributed by atoms with Crippen molar-refractivity contribution in [3.05, 3.63) is 12.2 Å². The van der Waals surface area contributed by atoms with Crippen LogP contribution in [0.25, 0.3) is 0 Å². The molecule has 0 aromatic heterocycles. The van der Waals surface area contributed by atoms with Crippen LogP contribution in [0.2, 0.25) is 0 Å². The highest BCUT2D eigenvalue weighted by Gasteiger charge is 2.33. The molecule has 2 N–H and O–H groups in total. The number of nitrogens with one attached hydrogen (secondary N) is 1. The van der Waals surface area contributed by atoms with E-state index < -0.39 is 12.0 Å². The molecule has 0 aromatic carbocycles. The maximum atomic E-state index is 11.7. The molecule has 0 aliphatic carbocycles. The highest BCUT2D eigenvalue weighted by Crippen LogP contribution is 2.17. The van der Waals surface area contributed by atoms with Gasteiger partial charge in [-0.15, -0.1) is 0 Å². The van der Waals surface area contributed by atoms with Crippen molar-refractivity contribution in [2.24, 2.45) is 0 Å². The monoisotopic (exact) mass is 226 g/mol. The van der Waals surface area contributed by atoms with Crippen LogP contribution in [0.4, 0.5) is 4.79 Å². The van der Waals surface area contributed by atoms with Gasteiger partial charge in [-0.25, -0.2) is 9.59 Å². The van der Waals surface area contributed by atoms with Gasteiger partial charge in [0.05, 0.1) is 0 Å². The number of nitrogens with zero attached hydrogens (tertiary/aromatic N) is 1. The van der Waals surface area contributed by atoms with E-state index >= 15 is 0 Å². The van der Waals surface area contributed by atoms with Crippen molar-refractivity contribution in [2.45, 2.75) is 32.2 Å². The Balaban J connectivity index is 2.38. The van der Waals surface area contributed by atoms with E-state index in [1.54, 1.807) is 0 Å². The fraction of sp³-hybridized carbons (Fsp3) is 0.636. The van der Waals surface area contributed by atoms with Crippen LogP contribution in [-0.2, 0) is 4.79 Å². The highest BCUT2D eigenvalue weighted by molar-refractivity contribution is 5.83. The number of hydrogen-bond donors (Lipinski definition) is 2. The lowest BCUT2D eigenvalue weighted by Gasteiger charge is -2.21. The zero-order chi connectivity index (χ0) is 12.0. The Labute approximate surface area is 95.1 Å². The van der Waals surface area contributed by atoms with E-state index in [2.05, 4.69) is 5.32 Å². The molecule has 5 nitrogen and oxygen atoms in total. The molecular formula is C11H18N2O3. The molecule has 0 aromatic rings. The SMILES string of the molecule is C/C=C/CCNC(=O)N1CCCC1C(=O)O. The molecule has 1 saturated heterocycles. The van der Waals surface area contributed by atoms with Crippen LogP contribution >= 0.6 is 0 Å². The second-order valence-corrected chi connectivity index (χ2v) is 3.78. The summed E-state index contributed by atoms with van der Waals surface area (Å²) in [5.74, 6) is -0.916. The summed E-state index contributed by atoms with van der Waals surface area (Å²) in [4.78, 5) is 23.9. The second-order valence-electron chi connectivity index (χ2n) is 3.78. The van der Waals surface area contributed by atoms with Gasteiger partial charge in [0.1, 0.15) is 6.04 Å². The number of urea groups is 1. The Morgan fingerprint density at radius 3 is 2.94 bits per heavy atom. The predicted octanol–water partition coefficient (Wildman–Crippen LogP) is 1.21. The number of carboxylic acid groups (broad SMARTS) is 1. The average molecular weight is 226 g/mol. The van der Waals surface area contributed by atoms with E-state index in [9.17, 15) is 9.59 Å². The van der Waals surface area contributed by atoms with Crippen LogP contribution in [-0.4, -0.2) is 41.1 Å². The van der Waals surface area contributed by atoms with Crippen molar-refractivity contribution in [3.63, 3.8) is 0 Å². The first-order chi connectivity index (χ1) is 7.66. The second kappa shape index (κ2) is 6.15. The van der Waals surface area contributed by atoms with Gasteiger partial charge >= 0.3 is 12.0 Å². The normalized spacial score (nSPS) is 20.3. The largest absolute Gasteiger partial charge is 0.480 e. The average Bonchev–Trinajstić information content (AvgIpc) is 2.73. The third-order valence-corrected chi connectivity index (χ3v) is 2.62. The summed E-state index contributed by atoms with van der Waals surface area (Å²) in [5, 5.41) is 11.6. The van der Waals surface area contributed by atoms with Crippen LogP contribution in [0, 0.1) is 0 Å². The molecule has 5 heteroatoms. The molecule has 0 bridgehead atoms. The molecule has 16 heavy (non-hydrogen) atoms. The summed E-state index contributed by atoms with van der Waals surface area (Å²) in [6.07, 6.45) is 5.96. The van der Waals surface area contributed by atoms with E-state index in [-0.39, 0.29) is 6.03 Å². The first kappa shape index (κ1) is 12.5. The number of hydrogen-bond acceptors (Lipinski definition) is 2. The van der Waals surface area contributed by atoms with Gasteiger partial charge in [-0.2, -0.15) is 0 Å². The number of likely N-dealkylation sites (tertiary alicyclic amines) is 1. The van der Waals surface area contributed by atoms with Crippen LogP contribution in [0.15, 0.2) is 12.2 Å². The molecule has 1 heterocycles. The van der Waals surface area contributed by atoms with Crippen LogP contribution in [0.1, 0.15) is 26.2 Å². The Kier molecular flexibility index (Phi) is 4.82.